The van der Waals surface area contributed by atoms with Crippen LogP contribution in [0.3, 0.4) is 0 Å². The fourth-order valence-electron chi connectivity index (χ4n) is 3.99. The molecule has 1 heterocycles. The third-order valence-corrected chi connectivity index (χ3v) is 6.05. The van der Waals surface area contributed by atoms with E-state index in [9.17, 15) is 14.7 Å². The predicted octanol–water partition coefficient (Wildman–Crippen LogP) is 4.98. The molecule has 164 valence electrons. The Morgan fingerprint density at radius 1 is 1.00 bits per heavy atom. The summed E-state index contributed by atoms with van der Waals surface area (Å²) in [5, 5.41) is 11.2. The number of hydrogen-bond acceptors (Lipinski definition) is 4. The zero-order valence-corrected chi connectivity index (χ0v) is 19.1. The number of likely N-dealkylation sites (tertiary alicyclic amines) is 1. The molecule has 1 saturated heterocycles. The molecule has 5 nitrogen and oxygen atoms in total. The molecule has 0 saturated carbocycles. The molecule has 0 spiro atoms. The summed E-state index contributed by atoms with van der Waals surface area (Å²) in [4.78, 5) is 29.6. The summed E-state index contributed by atoms with van der Waals surface area (Å²) < 4.78 is 0. The number of carbonyl (C=O) groups is 2. The Morgan fingerprint density at radius 2 is 1.68 bits per heavy atom. The summed E-state index contributed by atoms with van der Waals surface area (Å²) in [5.74, 6) is -1.27. The quantitative estimate of drug-likeness (QED) is 0.297. The monoisotopic (exact) mass is 420 g/mol. The highest BCUT2D eigenvalue weighted by molar-refractivity contribution is 6.46. The molecule has 0 bridgehead atoms. The van der Waals surface area contributed by atoms with Crippen molar-refractivity contribution in [2.75, 3.05) is 25.5 Å². The number of unbranched alkanes of at least 4 members (excludes halogenated alkanes) is 2. The molecule has 3 rings (SSSR count). The van der Waals surface area contributed by atoms with E-state index in [1.807, 2.05) is 69.2 Å². The summed E-state index contributed by atoms with van der Waals surface area (Å²) in [6.07, 6.45) is 2.82. The highest BCUT2D eigenvalue weighted by Gasteiger charge is 2.45. The number of carbonyl (C=O) groups excluding carboxylic acids is 2. The van der Waals surface area contributed by atoms with Crippen LogP contribution < -0.4 is 4.90 Å². The van der Waals surface area contributed by atoms with Gasteiger partial charge in [0.25, 0.3) is 11.7 Å². The minimum atomic E-state index is -0.617. The van der Waals surface area contributed by atoms with Crippen molar-refractivity contribution in [1.29, 1.82) is 0 Å². The average molecular weight is 421 g/mol. The van der Waals surface area contributed by atoms with E-state index in [1.165, 1.54) is 0 Å². The third-order valence-electron chi connectivity index (χ3n) is 6.05. The lowest BCUT2D eigenvalue weighted by Gasteiger charge is -2.26. The molecular weight excluding hydrogens is 388 g/mol. The SMILES string of the molecule is CCCCCN1C(=O)C(=O)/C(=C(\O)c2ccc(C)c(C)c2)C1c1ccc(N(C)C)cc1. The van der Waals surface area contributed by atoms with Crippen LogP contribution in [0.2, 0.25) is 0 Å². The minimum Gasteiger partial charge on any atom is -0.507 e. The standard InChI is InChI=1S/C26H32N2O3/c1-6-7-8-15-28-23(19-11-13-21(14-12-19)27(4)5)22(25(30)26(28)31)24(29)20-10-9-17(2)18(3)16-20/h9-14,16,23,29H,6-8,15H2,1-5H3/b24-22-. The maximum Gasteiger partial charge on any atom is 0.295 e. The Labute approximate surface area is 185 Å². The smallest absolute Gasteiger partial charge is 0.295 e. The van der Waals surface area contributed by atoms with E-state index in [-0.39, 0.29) is 11.3 Å². The predicted molar refractivity (Wildman–Crippen MR) is 125 cm³/mol. The van der Waals surface area contributed by atoms with Crippen molar-refractivity contribution in [2.24, 2.45) is 0 Å². The summed E-state index contributed by atoms with van der Waals surface area (Å²) >= 11 is 0. The van der Waals surface area contributed by atoms with Crippen LogP contribution in [0.1, 0.15) is 54.5 Å². The molecule has 0 radical (unpaired) electrons. The Morgan fingerprint density at radius 3 is 2.26 bits per heavy atom. The average Bonchev–Trinajstić information content (AvgIpc) is 3.00. The second-order valence-corrected chi connectivity index (χ2v) is 8.48. The molecule has 1 unspecified atom stereocenters. The fraction of sp³-hybridized carbons (Fsp3) is 0.385. The van der Waals surface area contributed by atoms with E-state index in [4.69, 9.17) is 0 Å². The molecule has 0 aliphatic carbocycles. The molecule has 2 aromatic rings. The minimum absolute atomic E-state index is 0.110. The number of ketones is 1. The second kappa shape index (κ2) is 9.38. The lowest BCUT2D eigenvalue weighted by Crippen LogP contribution is -2.30. The first-order chi connectivity index (χ1) is 14.8. The lowest BCUT2D eigenvalue weighted by molar-refractivity contribution is -0.139. The van der Waals surface area contributed by atoms with Crippen LogP contribution in [0.4, 0.5) is 5.69 Å². The molecule has 1 atom stereocenters. The molecule has 2 aromatic carbocycles. The number of rotatable bonds is 7. The zero-order chi connectivity index (χ0) is 22.7. The third kappa shape index (κ3) is 4.50. The van der Waals surface area contributed by atoms with Crippen molar-refractivity contribution in [1.82, 2.24) is 4.90 Å². The van der Waals surface area contributed by atoms with Gasteiger partial charge in [-0.05, 0) is 55.2 Å². The van der Waals surface area contributed by atoms with Crippen LogP contribution in [0, 0.1) is 13.8 Å². The van der Waals surface area contributed by atoms with E-state index in [1.54, 1.807) is 11.0 Å². The van der Waals surface area contributed by atoms with Crippen LogP contribution in [-0.4, -0.2) is 42.3 Å². The van der Waals surface area contributed by atoms with Crippen LogP contribution in [-0.2, 0) is 9.59 Å². The van der Waals surface area contributed by atoms with Gasteiger partial charge < -0.3 is 14.9 Å². The van der Waals surface area contributed by atoms with Gasteiger partial charge in [0.05, 0.1) is 11.6 Å². The van der Waals surface area contributed by atoms with Crippen molar-refractivity contribution in [3.63, 3.8) is 0 Å². The highest BCUT2D eigenvalue weighted by Crippen LogP contribution is 2.40. The van der Waals surface area contributed by atoms with Gasteiger partial charge in [0, 0.05) is 31.9 Å². The van der Waals surface area contributed by atoms with Crippen LogP contribution in [0.15, 0.2) is 48.0 Å². The van der Waals surface area contributed by atoms with Crippen molar-refractivity contribution in [2.45, 2.75) is 46.1 Å². The van der Waals surface area contributed by atoms with Gasteiger partial charge in [-0.25, -0.2) is 0 Å². The maximum absolute atomic E-state index is 13.1. The first kappa shape index (κ1) is 22.6. The number of aliphatic hydroxyl groups excluding tert-OH is 1. The number of anilines is 1. The fourth-order valence-corrected chi connectivity index (χ4v) is 3.99. The second-order valence-electron chi connectivity index (χ2n) is 8.48. The maximum atomic E-state index is 13.1. The van der Waals surface area contributed by atoms with Crippen molar-refractivity contribution < 1.29 is 14.7 Å². The number of hydrogen-bond donors (Lipinski definition) is 1. The van der Waals surface area contributed by atoms with Gasteiger partial charge in [-0.15, -0.1) is 0 Å². The number of aliphatic hydroxyl groups is 1. The molecule has 1 aliphatic rings. The Balaban J connectivity index is 2.12. The molecule has 1 fully saturated rings. The largest absolute Gasteiger partial charge is 0.507 e. The van der Waals surface area contributed by atoms with E-state index in [0.717, 1.165) is 41.6 Å². The topological polar surface area (TPSA) is 60.9 Å². The first-order valence-electron chi connectivity index (χ1n) is 10.9. The molecule has 1 N–H and O–H groups in total. The van der Waals surface area contributed by atoms with Crippen molar-refractivity contribution in [3.05, 3.63) is 70.3 Å². The van der Waals surface area contributed by atoms with Gasteiger partial charge in [0.15, 0.2) is 0 Å². The molecule has 31 heavy (non-hydrogen) atoms. The summed E-state index contributed by atoms with van der Waals surface area (Å²) in [6, 6.07) is 12.8. The van der Waals surface area contributed by atoms with Gasteiger partial charge in [0.1, 0.15) is 5.76 Å². The molecule has 1 amide bonds. The van der Waals surface area contributed by atoms with Crippen LogP contribution in [0.5, 0.6) is 0 Å². The lowest BCUT2D eigenvalue weighted by atomic mass is 9.94. The van der Waals surface area contributed by atoms with Crippen LogP contribution in [0.25, 0.3) is 5.76 Å². The number of amides is 1. The van der Waals surface area contributed by atoms with Gasteiger partial charge in [-0.1, -0.05) is 44.0 Å². The zero-order valence-electron chi connectivity index (χ0n) is 19.1. The highest BCUT2D eigenvalue weighted by atomic mass is 16.3. The summed E-state index contributed by atoms with van der Waals surface area (Å²) in [6.45, 7) is 6.55. The molecular formula is C26H32N2O3. The van der Waals surface area contributed by atoms with E-state index in [2.05, 4.69) is 6.92 Å². The molecule has 0 aromatic heterocycles. The van der Waals surface area contributed by atoms with E-state index >= 15 is 0 Å². The molecule has 1 aliphatic heterocycles. The normalized spacial score (nSPS) is 18.0. The Bertz CT molecular complexity index is 1010. The summed E-state index contributed by atoms with van der Waals surface area (Å²) in [5.41, 5.74) is 4.71. The van der Waals surface area contributed by atoms with Gasteiger partial charge in [0.2, 0.25) is 0 Å². The number of nitrogens with zero attached hydrogens (tertiary/aromatic N) is 2. The summed E-state index contributed by atoms with van der Waals surface area (Å²) in [7, 11) is 3.93. The first-order valence-corrected chi connectivity index (χ1v) is 10.9. The van der Waals surface area contributed by atoms with E-state index in [0.29, 0.717) is 12.1 Å². The Kier molecular flexibility index (Phi) is 6.84. The number of benzene rings is 2. The van der Waals surface area contributed by atoms with Gasteiger partial charge >= 0.3 is 0 Å². The van der Waals surface area contributed by atoms with Crippen molar-refractivity contribution >= 4 is 23.1 Å². The number of Topliss-reactive ketones (excluding diaryl/α,β-unsaturated/α-hetero) is 1. The van der Waals surface area contributed by atoms with Gasteiger partial charge in [-0.2, -0.15) is 0 Å². The van der Waals surface area contributed by atoms with Crippen molar-refractivity contribution in [3.8, 4) is 0 Å². The van der Waals surface area contributed by atoms with Crippen LogP contribution >= 0.6 is 0 Å². The van der Waals surface area contributed by atoms with Gasteiger partial charge in [-0.3, -0.25) is 9.59 Å². The Hall–Kier alpha value is -3.08. The number of aryl methyl sites for hydroxylation is 2. The molecule has 5 heteroatoms. The van der Waals surface area contributed by atoms with E-state index < -0.39 is 17.7 Å².